The van der Waals surface area contributed by atoms with E-state index >= 15 is 0 Å². The van der Waals surface area contributed by atoms with Crippen LogP contribution in [0, 0.1) is 0 Å². The molecule has 0 radical (unpaired) electrons. The van der Waals surface area contributed by atoms with Crippen LogP contribution in [-0.4, -0.2) is 36.7 Å². The lowest BCUT2D eigenvalue weighted by molar-refractivity contribution is 0.169. The second-order valence-electron chi connectivity index (χ2n) is 7.63. The van der Waals surface area contributed by atoms with Crippen molar-refractivity contribution in [2.45, 2.75) is 38.5 Å². The van der Waals surface area contributed by atoms with Crippen molar-refractivity contribution in [1.29, 1.82) is 0 Å². The Balaban J connectivity index is 1.77. The fourth-order valence-corrected chi connectivity index (χ4v) is 3.56. The molecule has 4 rings (SSSR count). The molecule has 3 heterocycles. The maximum absolute atomic E-state index is 12.8. The molecule has 7 heteroatoms. The van der Waals surface area contributed by atoms with E-state index < -0.39 is 6.10 Å². The fraction of sp³-hybridized carbons (Fsp3) is 0.333. The van der Waals surface area contributed by atoms with Crippen molar-refractivity contribution in [1.82, 2.24) is 19.5 Å². The van der Waals surface area contributed by atoms with Crippen molar-refractivity contribution >= 4 is 5.95 Å². The third kappa shape index (κ3) is 3.41. The summed E-state index contributed by atoms with van der Waals surface area (Å²) in [6.07, 6.45) is 3.17. The summed E-state index contributed by atoms with van der Waals surface area (Å²) >= 11 is 0. The van der Waals surface area contributed by atoms with E-state index in [9.17, 15) is 9.90 Å². The number of rotatable bonds is 4. The average molecular weight is 377 g/mol. The molecule has 0 saturated carbocycles. The van der Waals surface area contributed by atoms with Gasteiger partial charge in [-0.1, -0.05) is 30.3 Å². The molecule has 1 aliphatic rings. The van der Waals surface area contributed by atoms with E-state index in [1.807, 2.05) is 35.2 Å². The van der Waals surface area contributed by atoms with Gasteiger partial charge in [-0.25, -0.2) is 15.0 Å². The molecule has 7 nitrogen and oxygen atoms in total. The number of aromatic nitrogens is 4. The second-order valence-corrected chi connectivity index (χ2v) is 7.63. The van der Waals surface area contributed by atoms with Gasteiger partial charge in [0, 0.05) is 24.3 Å². The quantitative estimate of drug-likeness (QED) is 0.752. The Morgan fingerprint density at radius 2 is 1.96 bits per heavy atom. The Morgan fingerprint density at radius 3 is 2.68 bits per heavy atom. The van der Waals surface area contributed by atoms with Gasteiger partial charge in [-0.15, -0.1) is 0 Å². The van der Waals surface area contributed by atoms with Gasteiger partial charge in [0.2, 0.25) is 5.95 Å². The Hall–Kier alpha value is -3.06. The average Bonchev–Trinajstić information content (AvgIpc) is 2.71. The van der Waals surface area contributed by atoms with Crippen LogP contribution >= 0.6 is 0 Å². The highest BCUT2D eigenvalue weighted by molar-refractivity contribution is 5.56. The number of β-amino-alcohol motifs (C(OH)–C–C–N with tert-alkyl or cyclic N) is 1. The van der Waals surface area contributed by atoms with Gasteiger partial charge < -0.3 is 10.0 Å². The number of fused-ring (bicyclic) bond motifs is 1. The van der Waals surface area contributed by atoms with Crippen molar-refractivity contribution in [3.63, 3.8) is 0 Å². The van der Waals surface area contributed by atoms with E-state index in [4.69, 9.17) is 4.98 Å². The Morgan fingerprint density at radius 1 is 1.18 bits per heavy atom. The first-order chi connectivity index (χ1) is 13.5. The predicted octanol–water partition coefficient (Wildman–Crippen LogP) is 2.42. The lowest BCUT2D eigenvalue weighted by Gasteiger charge is -2.45. The first kappa shape index (κ1) is 18.3. The summed E-state index contributed by atoms with van der Waals surface area (Å²) in [7, 11) is 0. The molecule has 0 unspecified atom stereocenters. The highest BCUT2D eigenvalue weighted by atomic mass is 16.3. The van der Waals surface area contributed by atoms with Crippen LogP contribution in [0.15, 0.2) is 59.8 Å². The minimum Gasteiger partial charge on any atom is -0.387 e. The summed E-state index contributed by atoms with van der Waals surface area (Å²) in [6, 6.07) is 12.8. The van der Waals surface area contributed by atoms with Crippen LogP contribution in [0.3, 0.4) is 0 Å². The van der Waals surface area contributed by atoms with Crippen LogP contribution in [0.4, 0.5) is 5.95 Å². The van der Waals surface area contributed by atoms with Crippen molar-refractivity contribution in [3.8, 4) is 11.4 Å². The lowest BCUT2D eigenvalue weighted by Crippen LogP contribution is -2.53. The standard InChI is InChI=1S/C21H23N5O2/c1-21(2)9-11-25-19(28)12-17(16-8-10-22-14-23-16)24-20(25)26(21)13-18(27)15-6-4-3-5-7-15/h3-8,10,12,14,18,27H,9,11,13H2,1-2H3/t18-/m1/s1. The molecule has 28 heavy (non-hydrogen) atoms. The molecule has 0 amide bonds. The van der Waals surface area contributed by atoms with Crippen LogP contribution in [0.2, 0.25) is 0 Å². The minimum absolute atomic E-state index is 0.117. The molecule has 144 valence electrons. The van der Waals surface area contributed by atoms with E-state index in [-0.39, 0.29) is 11.1 Å². The molecule has 0 bridgehead atoms. The smallest absolute Gasteiger partial charge is 0.255 e. The Bertz CT molecular complexity index is 1020. The number of aliphatic hydroxyl groups is 1. The highest BCUT2D eigenvalue weighted by Gasteiger charge is 2.36. The molecule has 2 aromatic heterocycles. The summed E-state index contributed by atoms with van der Waals surface area (Å²) in [6.45, 7) is 5.16. The fourth-order valence-electron chi connectivity index (χ4n) is 3.56. The predicted molar refractivity (Wildman–Crippen MR) is 107 cm³/mol. The first-order valence-corrected chi connectivity index (χ1v) is 9.35. The molecule has 0 fully saturated rings. The van der Waals surface area contributed by atoms with Gasteiger partial charge in [0.15, 0.2) is 0 Å². The molecule has 1 N–H and O–H groups in total. The molecule has 1 atom stereocenters. The van der Waals surface area contributed by atoms with Gasteiger partial charge in [0.25, 0.3) is 5.56 Å². The number of hydrogen-bond acceptors (Lipinski definition) is 6. The van der Waals surface area contributed by atoms with Crippen molar-refractivity contribution in [2.75, 3.05) is 11.4 Å². The molecule has 1 aliphatic heterocycles. The first-order valence-electron chi connectivity index (χ1n) is 9.35. The van der Waals surface area contributed by atoms with E-state index in [1.54, 1.807) is 16.8 Å². The number of hydrogen-bond donors (Lipinski definition) is 1. The molecular formula is C21H23N5O2. The zero-order chi connectivity index (χ0) is 19.7. The summed E-state index contributed by atoms with van der Waals surface area (Å²) in [5.74, 6) is 0.562. The SMILES string of the molecule is CC1(C)CCn2c(nc(-c3ccncn3)cc2=O)N1C[C@@H](O)c1ccccc1. The van der Waals surface area contributed by atoms with Crippen molar-refractivity contribution in [2.24, 2.45) is 0 Å². The molecular weight excluding hydrogens is 354 g/mol. The summed E-state index contributed by atoms with van der Waals surface area (Å²) < 4.78 is 1.67. The van der Waals surface area contributed by atoms with Gasteiger partial charge in [-0.05, 0) is 31.9 Å². The number of anilines is 1. The largest absolute Gasteiger partial charge is 0.387 e. The molecule has 0 aliphatic carbocycles. The second kappa shape index (κ2) is 7.16. The van der Waals surface area contributed by atoms with E-state index in [2.05, 4.69) is 23.8 Å². The van der Waals surface area contributed by atoms with Crippen LogP contribution in [-0.2, 0) is 6.54 Å². The normalized spacial score (nSPS) is 16.5. The van der Waals surface area contributed by atoms with Crippen LogP contribution in [0.25, 0.3) is 11.4 Å². The minimum atomic E-state index is -0.688. The number of nitrogens with zero attached hydrogens (tertiary/aromatic N) is 5. The van der Waals surface area contributed by atoms with E-state index in [0.717, 1.165) is 12.0 Å². The van der Waals surface area contributed by atoms with Gasteiger partial charge in [-0.3, -0.25) is 9.36 Å². The number of aliphatic hydroxyl groups excluding tert-OH is 1. The third-order valence-electron chi connectivity index (χ3n) is 5.29. The van der Waals surface area contributed by atoms with Crippen LogP contribution in [0.5, 0.6) is 0 Å². The zero-order valence-corrected chi connectivity index (χ0v) is 16.0. The van der Waals surface area contributed by atoms with Gasteiger partial charge >= 0.3 is 0 Å². The van der Waals surface area contributed by atoms with Crippen LogP contribution in [0.1, 0.15) is 31.9 Å². The summed E-state index contributed by atoms with van der Waals surface area (Å²) in [5.41, 5.74) is 1.58. The molecule has 1 aromatic carbocycles. The zero-order valence-electron chi connectivity index (χ0n) is 16.0. The molecule has 0 saturated heterocycles. The Kier molecular flexibility index (Phi) is 4.68. The molecule has 3 aromatic rings. The van der Waals surface area contributed by atoms with Crippen molar-refractivity contribution < 1.29 is 5.11 Å². The Labute approximate surface area is 163 Å². The van der Waals surface area contributed by atoms with Crippen LogP contribution < -0.4 is 10.5 Å². The van der Waals surface area contributed by atoms with Gasteiger partial charge in [0.05, 0.1) is 24.0 Å². The summed E-state index contributed by atoms with van der Waals surface area (Å²) in [5, 5.41) is 10.8. The lowest BCUT2D eigenvalue weighted by atomic mass is 9.95. The third-order valence-corrected chi connectivity index (χ3v) is 5.29. The number of benzene rings is 1. The van der Waals surface area contributed by atoms with Crippen molar-refractivity contribution in [3.05, 3.63) is 70.9 Å². The highest BCUT2D eigenvalue weighted by Crippen LogP contribution is 2.33. The monoisotopic (exact) mass is 377 g/mol. The van der Waals surface area contributed by atoms with E-state index in [1.165, 1.54) is 12.4 Å². The summed E-state index contributed by atoms with van der Waals surface area (Å²) in [4.78, 5) is 27.7. The maximum Gasteiger partial charge on any atom is 0.255 e. The topological polar surface area (TPSA) is 84.1 Å². The van der Waals surface area contributed by atoms with Gasteiger partial charge in [-0.2, -0.15) is 0 Å². The van der Waals surface area contributed by atoms with Gasteiger partial charge in [0.1, 0.15) is 6.33 Å². The molecule has 0 spiro atoms. The maximum atomic E-state index is 12.8. The van der Waals surface area contributed by atoms with E-state index in [0.29, 0.717) is 30.4 Å².